The molecular weight excluding hydrogens is 264 g/mol. The van der Waals surface area contributed by atoms with Crippen molar-refractivity contribution in [1.29, 1.82) is 0 Å². The van der Waals surface area contributed by atoms with Gasteiger partial charge in [-0.15, -0.1) is 6.42 Å². The maximum Gasteiger partial charge on any atom is 0.292 e. The van der Waals surface area contributed by atoms with Gasteiger partial charge in [0.25, 0.3) is 5.56 Å². The fraction of sp³-hybridized carbons (Fsp3) is 0.538. The highest BCUT2D eigenvalue weighted by atomic mass is 35.5. The zero-order chi connectivity index (χ0) is 13.8. The van der Waals surface area contributed by atoms with Gasteiger partial charge in [0.1, 0.15) is 12.2 Å². The number of anilines is 1. The minimum absolute atomic E-state index is 0.150. The van der Waals surface area contributed by atoms with Crippen LogP contribution in [-0.2, 0) is 6.54 Å². The molecule has 1 aliphatic rings. The molecule has 1 aromatic rings. The van der Waals surface area contributed by atoms with Crippen LogP contribution < -0.4 is 10.9 Å². The Morgan fingerprint density at radius 1 is 1.68 bits per heavy atom. The van der Waals surface area contributed by atoms with Crippen molar-refractivity contribution in [3.63, 3.8) is 0 Å². The standard InChI is InChI=1S/C13H17ClN4O/c1-3-5-18-13(19)12(11(14)8-16-18)15-7-10-4-6-17(2)9-10/h1,8,10,15H,4-7,9H2,2H3. The van der Waals surface area contributed by atoms with E-state index in [1.807, 2.05) is 0 Å². The summed E-state index contributed by atoms with van der Waals surface area (Å²) < 4.78 is 1.23. The molecule has 0 aromatic carbocycles. The fourth-order valence-electron chi connectivity index (χ4n) is 2.27. The molecule has 0 spiro atoms. The summed E-state index contributed by atoms with van der Waals surface area (Å²) in [4.78, 5) is 14.4. The van der Waals surface area contributed by atoms with E-state index in [-0.39, 0.29) is 12.1 Å². The number of hydrogen-bond donors (Lipinski definition) is 1. The molecule has 1 N–H and O–H groups in total. The van der Waals surface area contributed by atoms with Gasteiger partial charge in [-0.1, -0.05) is 17.5 Å². The van der Waals surface area contributed by atoms with E-state index in [0.29, 0.717) is 16.6 Å². The summed E-state index contributed by atoms with van der Waals surface area (Å²) in [7, 11) is 2.10. The van der Waals surface area contributed by atoms with Crippen LogP contribution in [0.25, 0.3) is 0 Å². The Morgan fingerprint density at radius 2 is 2.47 bits per heavy atom. The lowest BCUT2D eigenvalue weighted by Gasteiger charge is -2.13. The van der Waals surface area contributed by atoms with Gasteiger partial charge in [-0.2, -0.15) is 5.10 Å². The molecule has 5 nitrogen and oxygen atoms in total. The van der Waals surface area contributed by atoms with Crippen LogP contribution in [0.1, 0.15) is 6.42 Å². The Morgan fingerprint density at radius 3 is 3.11 bits per heavy atom. The van der Waals surface area contributed by atoms with Crippen LogP contribution in [0.15, 0.2) is 11.0 Å². The smallest absolute Gasteiger partial charge is 0.292 e. The summed E-state index contributed by atoms with van der Waals surface area (Å²) in [5, 5.41) is 7.38. The molecule has 0 amide bonds. The molecule has 0 aliphatic carbocycles. The first kappa shape index (κ1) is 13.9. The normalized spacial score (nSPS) is 19.3. The summed E-state index contributed by atoms with van der Waals surface area (Å²) in [6.45, 7) is 3.02. The summed E-state index contributed by atoms with van der Waals surface area (Å²) >= 11 is 6.02. The molecule has 6 heteroatoms. The maximum absolute atomic E-state index is 12.1. The number of terminal acetylenes is 1. The number of hydrogen-bond acceptors (Lipinski definition) is 4. The van der Waals surface area contributed by atoms with Crippen LogP contribution in [0.5, 0.6) is 0 Å². The summed E-state index contributed by atoms with van der Waals surface area (Å²) in [5.74, 6) is 2.93. The van der Waals surface area contributed by atoms with E-state index in [0.717, 1.165) is 26.1 Å². The lowest BCUT2D eigenvalue weighted by Crippen LogP contribution is -2.28. The third kappa shape index (κ3) is 3.28. The maximum atomic E-state index is 12.1. The van der Waals surface area contributed by atoms with Crippen molar-refractivity contribution in [1.82, 2.24) is 14.7 Å². The monoisotopic (exact) mass is 280 g/mol. The van der Waals surface area contributed by atoms with Gasteiger partial charge in [0.05, 0.1) is 11.2 Å². The van der Waals surface area contributed by atoms with Crippen LogP contribution in [0.3, 0.4) is 0 Å². The SMILES string of the molecule is C#CCn1ncc(Cl)c(NCC2CCN(C)C2)c1=O. The lowest BCUT2D eigenvalue weighted by atomic mass is 10.1. The Kier molecular flexibility index (Phi) is 4.46. The van der Waals surface area contributed by atoms with Crippen molar-refractivity contribution in [2.24, 2.45) is 5.92 Å². The highest BCUT2D eigenvalue weighted by Crippen LogP contribution is 2.18. The van der Waals surface area contributed by atoms with E-state index < -0.39 is 0 Å². The molecule has 19 heavy (non-hydrogen) atoms. The van der Waals surface area contributed by atoms with Gasteiger partial charge in [-0.25, -0.2) is 4.68 Å². The molecule has 1 saturated heterocycles. The summed E-state index contributed by atoms with van der Waals surface area (Å²) in [6, 6.07) is 0. The van der Waals surface area contributed by atoms with E-state index >= 15 is 0 Å². The Hall–Kier alpha value is -1.51. The van der Waals surface area contributed by atoms with Gasteiger partial charge in [-0.3, -0.25) is 4.79 Å². The molecule has 2 heterocycles. The Balaban J connectivity index is 2.09. The molecule has 1 fully saturated rings. The van der Waals surface area contributed by atoms with Gasteiger partial charge < -0.3 is 10.2 Å². The first-order valence-electron chi connectivity index (χ1n) is 6.23. The minimum atomic E-state index is -0.267. The van der Waals surface area contributed by atoms with Crippen molar-refractivity contribution in [2.75, 3.05) is 32.0 Å². The molecule has 2 rings (SSSR count). The van der Waals surface area contributed by atoms with Crippen LogP contribution in [0.2, 0.25) is 5.02 Å². The third-order valence-corrected chi connectivity index (χ3v) is 3.58. The summed E-state index contributed by atoms with van der Waals surface area (Å²) in [6.07, 6.45) is 7.78. The number of halogens is 1. The van der Waals surface area contributed by atoms with Crippen molar-refractivity contribution < 1.29 is 0 Å². The van der Waals surface area contributed by atoms with E-state index in [1.165, 1.54) is 10.9 Å². The average Bonchev–Trinajstić information content (AvgIpc) is 2.79. The van der Waals surface area contributed by atoms with Gasteiger partial charge in [0.2, 0.25) is 0 Å². The van der Waals surface area contributed by atoms with Crippen molar-refractivity contribution >= 4 is 17.3 Å². The molecule has 1 aromatic heterocycles. The van der Waals surface area contributed by atoms with E-state index in [2.05, 4.69) is 28.3 Å². The van der Waals surface area contributed by atoms with Crippen molar-refractivity contribution in [3.05, 3.63) is 21.6 Å². The Bertz CT molecular complexity index is 549. The zero-order valence-electron chi connectivity index (χ0n) is 10.9. The predicted molar refractivity (Wildman–Crippen MR) is 76.4 cm³/mol. The molecule has 0 radical (unpaired) electrons. The molecule has 0 saturated carbocycles. The average molecular weight is 281 g/mol. The quantitative estimate of drug-likeness (QED) is 0.833. The largest absolute Gasteiger partial charge is 0.379 e. The van der Waals surface area contributed by atoms with Gasteiger partial charge in [0.15, 0.2) is 0 Å². The van der Waals surface area contributed by atoms with Crippen LogP contribution >= 0.6 is 11.6 Å². The first-order valence-corrected chi connectivity index (χ1v) is 6.61. The molecule has 1 unspecified atom stereocenters. The molecule has 102 valence electrons. The van der Waals surface area contributed by atoms with E-state index in [1.54, 1.807) is 0 Å². The third-order valence-electron chi connectivity index (χ3n) is 3.30. The van der Waals surface area contributed by atoms with Gasteiger partial charge >= 0.3 is 0 Å². The molecular formula is C13H17ClN4O. The number of aromatic nitrogens is 2. The molecule has 1 aliphatic heterocycles. The zero-order valence-corrected chi connectivity index (χ0v) is 11.7. The number of nitrogens with one attached hydrogen (secondary N) is 1. The molecule has 1 atom stereocenters. The van der Waals surface area contributed by atoms with Crippen LogP contribution in [-0.4, -0.2) is 41.4 Å². The van der Waals surface area contributed by atoms with E-state index in [4.69, 9.17) is 18.0 Å². The topological polar surface area (TPSA) is 50.2 Å². The highest BCUT2D eigenvalue weighted by Gasteiger charge is 2.20. The fourth-order valence-corrected chi connectivity index (χ4v) is 2.46. The molecule has 0 bridgehead atoms. The van der Waals surface area contributed by atoms with Crippen molar-refractivity contribution in [2.45, 2.75) is 13.0 Å². The number of nitrogens with zero attached hydrogens (tertiary/aromatic N) is 3. The minimum Gasteiger partial charge on any atom is -0.379 e. The van der Waals surface area contributed by atoms with Gasteiger partial charge in [-0.05, 0) is 25.9 Å². The van der Waals surface area contributed by atoms with E-state index in [9.17, 15) is 4.79 Å². The number of likely N-dealkylation sites (tertiary alicyclic amines) is 1. The lowest BCUT2D eigenvalue weighted by molar-refractivity contribution is 0.399. The van der Waals surface area contributed by atoms with Crippen LogP contribution in [0.4, 0.5) is 5.69 Å². The Labute approximate surface area is 117 Å². The van der Waals surface area contributed by atoms with Crippen molar-refractivity contribution in [3.8, 4) is 12.3 Å². The number of rotatable bonds is 4. The predicted octanol–water partition coefficient (Wildman–Crippen LogP) is 0.893. The highest BCUT2D eigenvalue weighted by molar-refractivity contribution is 6.32. The second kappa shape index (κ2) is 6.09. The second-order valence-electron chi connectivity index (χ2n) is 4.83. The van der Waals surface area contributed by atoms with Gasteiger partial charge in [0, 0.05) is 13.1 Å². The summed E-state index contributed by atoms with van der Waals surface area (Å²) in [5.41, 5.74) is 0.123. The first-order chi connectivity index (χ1) is 9.11. The van der Waals surface area contributed by atoms with Crippen LogP contribution in [0, 0.1) is 18.3 Å². The second-order valence-corrected chi connectivity index (χ2v) is 5.24.